The number of hydrogen-bond acceptors (Lipinski definition) is 4. The van der Waals surface area contributed by atoms with Gasteiger partial charge in [0.05, 0.1) is 24.3 Å². The molecule has 1 aromatic heterocycles. The monoisotopic (exact) mass is 326 g/mol. The Hall–Kier alpha value is -0.920. The summed E-state index contributed by atoms with van der Waals surface area (Å²) in [4.78, 5) is 6.71. The summed E-state index contributed by atoms with van der Waals surface area (Å²) in [5.41, 5.74) is 1.18. The van der Waals surface area contributed by atoms with E-state index < -0.39 is 10.0 Å². The van der Waals surface area contributed by atoms with Gasteiger partial charge in [-0.05, 0) is 18.8 Å². The van der Waals surface area contributed by atoms with Gasteiger partial charge in [-0.15, -0.1) is 0 Å². The van der Waals surface area contributed by atoms with Crippen LogP contribution in [0.2, 0.25) is 0 Å². The first-order valence-electron chi connectivity index (χ1n) is 8.19. The van der Waals surface area contributed by atoms with E-state index in [9.17, 15) is 8.42 Å². The number of fused-ring (bicyclic) bond motifs is 1. The lowest BCUT2D eigenvalue weighted by molar-refractivity contribution is 0.144. The Labute approximate surface area is 133 Å². The van der Waals surface area contributed by atoms with Crippen molar-refractivity contribution in [3.05, 3.63) is 18.2 Å². The van der Waals surface area contributed by atoms with Crippen LogP contribution in [0.25, 0.3) is 0 Å². The van der Waals surface area contributed by atoms with Crippen molar-refractivity contribution in [2.45, 2.75) is 44.7 Å². The largest absolute Gasteiger partial charge is 0.328 e. The van der Waals surface area contributed by atoms with Gasteiger partial charge in [-0.1, -0.05) is 19.3 Å². The maximum Gasteiger partial charge on any atom is 0.208 e. The van der Waals surface area contributed by atoms with Gasteiger partial charge in [0.15, 0.2) is 0 Å². The number of imidazole rings is 1. The number of sulfonamides is 1. The average molecular weight is 326 g/mol. The molecular weight excluding hydrogens is 300 g/mol. The summed E-state index contributed by atoms with van der Waals surface area (Å²) in [6.45, 7) is 3.37. The van der Waals surface area contributed by atoms with Gasteiger partial charge in [0.1, 0.15) is 0 Å². The predicted octanol–water partition coefficient (Wildman–Crippen LogP) is 1.37. The molecule has 1 fully saturated rings. The normalized spacial score (nSPS) is 24.3. The molecule has 0 bridgehead atoms. The summed E-state index contributed by atoms with van der Waals surface area (Å²) >= 11 is 0. The molecule has 7 heteroatoms. The molecule has 1 aromatic rings. The zero-order valence-corrected chi connectivity index (χ0v) is 14.1. The number of aromatic nitrogens is 2. The fraction of sp³-hybridized carbons (Fsp3) is 0.800. The molecule has 124 valence electrons. The highest BCUT2D eigenvalue weighted by atomic mass is 32.2. The third-order valence-electron chi connectivity index (χ3n) is 4.82. The van der Waals surface area contributed by atoms with Crippen molar-refractivity contribution in [2.75, 3.05) is 25.9 Å². The van der Waals surface area contributed by atoms with E-state index in [1.807, 2.05) is 12.5 Å². The van der Waals surface area contributed by atoms with Crippen molar-refractivity contribution in [1.82, 2.24) is 19.2 Å². The summed E-state index contributed by atoms with van der Waals surface area (Å²) in [5.74, 6) is 0.798. The fourth-order valence-corrected chi connectivity index (χ4v) is 4.24. The molecule has 0 spiro atoms. The Morgan fingerprint density at radius 3 is 2.82 bits per heavy atom. The van der Waals surface area contributed by atoms with E-state index in [1.54, 1.807) is 0 Å². The SMILES string of the molecule is CS(=O)(=O)NC[C@@H]1CN(CC2CCCCC2)Cc2cncn21. The highest BCUT2D eigenvalue weighted by molar-refractivity contribution is 7.88. The summed E-state index contributed by atoms with van der Waals surface area (Å²) in [6, 6.07) is 0.129. The van der Waals surface area contributed by atoms with Crippen LogP contribution in [0.5, 0.6) is 0 Å². The van der Waals surface area contributed by atoms with E-state index in [1.165, 1.54) is 44.1 Å². The summed E-state index contributed by atoms with van der Waals surface area (Å²) in [6.07, 6.45) is 11.7. The number of nitrogens with zero attached hydrogens (tertiary/aromatic N) is 3. The van der Waals surface area contributed by atoms with Gasteiger partial charge in [0.25, 0.3) is 0 Å². The van der Waals surface area contributed by atoms with Crippen LogP contribution in [-0.2, 0) is 16.6 Å². The average Bonchev–Trinajstić information content (AvgIpc) is 2.93. The molecule has 1 aliphatic carbocycles. The van der Waals surface area contributed by atoms with Gasteiger partial charge < -0.3 is 4.57 Å². The van der Waals surface area contributed by atoms with Crippen LogP contribution in [0.3, 0.4) is 0 Å². The molecule has 22 heavy (non-hydrogen) atoms. The summed E-state index contributed by atoms with van der Waals surface area (Å²) in [7, 11) is -3.16. The highest BCUT2D eigenvalue weighted by Gasteiger charge is 2.27. The number of nitrogens with one attached hydrogen (secondary N) is 1. The second kappa shape index (κ2) is 6.68. The summed E-state index contributed by atoms with van der Waals surface area (Å²) in [5, 5.41) is 0. The molecule has 0 amide bonds. The van der Waals surface area contributed by atoms with Gasteiger partial charge in [0, 0.05) is 32.4 Å². The first-order valence-corrected chi connectivity index (χ1v) is 10.1. The van der Waals surface area contributed by atoms with Gasteiger partial charge >= 0.3 is 0 Å². The molecule has 3 rings (SSSR count). The lowest BCUT2D eigenvalue weighted by atomic mass is 9.88. The van der Waals surface area contributed by atoms with Crippen molar-refractivity contribution in [3.8, 4) is 0 Å². The van der Waals surface area contributed by atoms with Crippen molar-refractivity contribution in [1.29, 1.82) is 0 Å². The van der Waals surface area contributed by atoms with Crippen LogP contribution >= 0.6 is 0 Å². The Kier molecular flexibility index (Phi) is 4.84. The van der Waals surface area contributed by atoms with E-state index in [-0.39, 0.29) is 6.04 Å². The molecule has 1 aliphatic heterocycles. The van der Waals surface area contributed by atoms with E-state index in [2.05, 4.69) is 19.2 Å². The van der Waals surface area contributed by atoms with Gasteiger partial charge in [-0.3, -0.25) is 4.90 Å². The van der Waals surface area contributed by atoms with Crippen molar-refractivity contribution >= 4 is 10.0 Å². The first-order chi connectivity index (χ1) is 10.5. The van der Waals surface area contributed by atoms with Crippen molar-refractivity contribution in [2.24, 2.45) is 5.92 Å². The molecule has 2 aliphatic rings. The van der Waals surface area contributed by atoms with Crippen LogP contribution in [0.1, 0.15) is 43.8 Å². The molecular formula is C15H26N4O2S. The van der Waals surface area contributed by atoms with E-state index in [0.717, 1.165) is 25.6 Å². The third kappa shape index (κ3) is 4.08. The van der Waals surface area contributed by atoms with E-state index in [4.69, 9.17) is 0 Å². The Morgan fingerprint density at radius 1 is 1.32 bits per heavy atom. The molecule has 1 saturated carbocycles. The third-order valence-corrected chi connectivity index (χ3v) is 5.51. The molecule has 0 saturated heterocycles. The molecule has 1 N–H and O–H groups in total. The zero-order valence-electron chi connectivity index (χ0n) is 13.2. The quantitative estimate of drug-likeness (QED) is 0.887. The van der Waals surface area contributed by atoms with Crippen LogP contribution < -0.4 is 4.72 Å². The highest BCUT2D eigenvalue weighted by Crippen LogP contribution is 2.27. The first kappa shape index (κ1) is 16.0. The standard InChI is InChI=1S/C15H26N4O2S/c1-22(20,21)17-8-15-11-18(9-13-5-3-2-4-6-13)10-14-7-16-12-19(14)15/h7,12-13,15,17H,2-6,8-11H2,1H3/t15-/m1/s1. The van der Waals surface area contributed by atoms with Crippen LogP contribution in [0.15, 0.2) is 12.5 Å². The lowest BCUT2D eigenvalue weighted by Gasteiger charge is -2.37. The predicted molar refractivity (Wildman–Crippen MR) is 86.0 cm³/mol. The van der Waals surface area contributed by atoms with E-state index in [0.29, 0.717) is 6.54 Å². The second-order valence-electron chi connectivity index (χ2n) is 6.76. The minimum absolute atomic E-state index is 0.129. The number of hydrogen-bond donors (Lipinski definition) is 1. The van der Waals surface area contributed by atoms with E-state index >= 15 is 0 Å². The topological polar surface area (TPSA) is 67.2 Å². The Morgan fingerprint density at radius 2 is 2.09 bits per heavy atom. The second-order valence-corrected chi connectivity index (χ2v) is 8.60. The van der Waals surface area contributed by atoms with Gasteiger partial charge in [-0.2, -0.15) is 0 Å². The van der Waals surface area contributed by atoms with Crippen molar-refractivity contribution in [3.63, 3.8) is 0 Å². The van der Waals surface area contributed by atoms with Crippen molar-refractivity contribution < 1.29 is 8.42 Å². The molecule has 2 heterocycles. The lowest BCUT2D eigenvalue weighted by Crippen LogP contribution is -2.43. The number of rotatable bonds is 5. The smallest absolute Gasteiger partial charge is 0.208 e. The minimum Gasteiger partial charge on any atom is -0.328 e. The Bertz CT molecular complexity index is 592. The molecule has 0 aromatic carbocycles. The maximum atomic E-state index is 11.4. The zero-order chi connectivity index (χ0) is 15.6. The Balaban J connectivity index is 1.65. The molecule has 1 atom stereocenters. The molecule has 0 unspecified atom stereocenters. The van der Waals surface area contributed by atoms with Crippen LogP contribution in [0, 0.1) is 5.92 Å². The molecule has 0 radical (unpaired) electrons. The maximum absolute atomic E-state index is 11.4. The van der Waals surface area contributed by atoms with Crippen LogP contribution in [-0.4, -0.2) is 48.8 Å². The van der Waals surface area contributed by atoms with Crippen LogP contribution in [0.4, 0.5) is 0 Å². The fourth-order valence-electron chi connectivity index (χ4n) is 3.75. The molecule has 6 nitrogen and oxygen atoms in total. The van der Waals surface area contributed by atoms with Gasteiger partial charge in [-0.25, -0.2) is 18.1 Å². The van der Waals surface area contributed by atoms with Gasteiger partial charge in [0.2, 0.25) is 10.0 Å². The minimum atomic E-state index is -3.16. The summed E-state index contributed by atoms with van der Waals surface area (Å²) < 4.78 is 27.5.